The van der Waals surface area contributed by atoms with Crippen molar-refractivity contribution < 1.29 is 9.15 Å². The van der Waals surface area contributed by atoms with Crippen LogP contribution in [0.15, 0.2) is 51.7 Å². The van der Waals surface area contributed by atoms with E-state index >= 15 is 0 Å². The molecule has 0 radical (unpaired) electrons. The summed E-state index contributed by atoms with van der Waals surface area (Å²) in [6, 6.07) is 14.7. The average molecular weight is 412 g/mol. The van der Waals surface area contributed by atoms with Crippen LogP contribution >= 0.6 is 0 Å². The minimum atomic E-state index is -0.455. The lowest BCUT2D eigenvalue weighted by Gasteiger charge is -2.05. The topological polar surface area (TPSA) is 135 Å². The Labute approximate surface area is 175 Å². The smallest absolute Gasteiger partial charge is 0.287 e. The van der Waals surface area contributed by atoms with Crippen LogP contribution in [0.25, 0.3) is 39.3 Å². The van der Waals surface area contributed by atoms with Gasteiger partial charge in [0.05, 0.1) is 18.4 Å². The Kier molecular flexibility index (Phi) is 4.01. The van der Waals surface area contributed by atoms with E-state index < -0.39 is 5.56 Å². The zero-order chi connectivity index (χ0) is 21.7. The number of aromatic nitrogens is 4. The van der Waals surface area contributed by atoms with Crippen molar-refractivity contribution in [1.82, 2.24) is 19.6 Å². The van der Waals surface area contributed by atoms with Crippen molar-refractivity contribution >= 4 is 22.4 Å². The second kappa shape index (κ2) is 6.74. The number of nitrogen functional groups attached to an aromatic ring is 1. The summed E-state index contributed by atoms with van der Waals surface area (Å²) >= 11 is 0. The normalized spacial score (nSPS) is 11.1. The first-order chi connectivity index (χ1) is 15.0. The number of anilines is 1. The Balaban J connectivity index is 1.80. The van der Waals surface area contributed by atoms with E-state index in [-0.39, 0.29) is 17.1 Å². The lowest BCUT2D eigenvalue weighted by Crippen LogP contribution is -2.19. The molecule has 2 aromatic carbocycles. The number of nitriles is 1. The minimum Gasteiger partial charge on any atom is -0.492 e. The molecule has 0 aliphatic heterocycles. The molecule has 0 fully saturated rings. The van der Waals surface area contributed by atoms with Gasteiger partial charge in [0.25, 0.3) is 5.56 Å². The highest BCUT2D eigenvalue weighted by molar-refractivity contribution is 5.88. The van der Waals surface area contributed by atoms with Crippen LogP contribution in [0.2, 0.25) is 0 Å². The van der Waals surface area contributed by atoms with Gasteiger partial charge in [0, 0.05) is 5.69 Å². The highest BCUT2D eigenvalue weighted by atomic mass is 16.5. The van der Waals surface area contributed by atoms with Crippen LogP contribution in [-0.4, -0.2) is 26.7 Å². The van der Waals surface area contributed by atoms with Crippen molar-refractivity contribution in [3.63, 3.8) is 0 Å². The highest BCUT2D eigenvalue weighted by Crippen LogP contribution is 2.34. The molecule has 31 heavy (non-hydrogen) atoms. The Hall–Kier alpha value is -4.58. The van der Waals surface area contributed by atoms with Gasteiger partial charge in [-0.05, 0) is 24.6 Å². The number of oxazole rings is 1. The van der Waals surface area contributed by atoms with Gasteiger partial charge in [0.15, 0.2) is 22.5 Å². The number of methoxy groups -OCH3 is 1. The summed E-state index contributed by atoms with van der Waals surface area (Å²) in [6.07, 6.45) is 0. The number of nitrogens with two attached hydrogens (primary N) is 1. The molecule has 0 amide bonds. The van der Waals surface area contributed by atoms with E-state index in [9.17, 15) is 10.1 Å². The maximum atomic E-state index is 13.4. The van der Waals surface area contributed by atoms with Gasteiger partial charge in [-0.1, -0.05) is 30.3 Å². The molecule has 0 saturated carbocycles. The number of benzene rings is 2. The van der Waals surface area contributed by atoms with E-state index in [1.54, 1.807) is 19.1 Å². The van der Waals surface area contributed by atoms with Gasteiger partial charge in [-0.15, -0.1) is 0 Å². The van der Waals surface area contributed by atoms with Crippen molar-refractivity contribution in [3.05, 3.63) is 64.2 Å². The van der Waals surface area contributed by atoms with Crippen LogP contribution < -0.4 is 16.0 Å². The zero-order valence-electron chi connectivity index (χ0n) is 16.6. The van der Waals surface area contributed by atoms with Crippen molar-refractivity contribution in [2.24, 2.45) is 0 Å². The summed E-state index contributed by atoms with van der Waals surface area (Å²) in [5.74, 6) is 0.481. The van der Waals surface area contributed by atoms with Gasteiger partial charge in [-0.3, -0.25) is 4.79 Å². The molecule has 9 nitrogen and oxygen atoms in total. The number of fused-ring (bicyclic) bond motifs is 2. The van der Waals surface area contributed by atoms with Crippen molar-refractivity contribution in [2.75, 3.05) is 12.8 Å². The first kappa shape index (κ1) is 18.4. The van der Waals surface area contributed by atoms with E-state index in [0.29, 0.717) is 39.4 Å². The second-order valence-electron chi connectivity index (χ2n) is 6.95. The Morgan fingerprint density at radius 2 is 1.97 bits per heavy atom. The van der Waals surface area contributed by atoms with Crippen LogP contribution in [0.4, 0.5) is 5.69 Å². The van der Waals surface area contributed by atoms with Crippen LogP contribution in [0, 0.1) is 18.3 Å². The molecule has 3 heterocycles. The molecule has 0 unspecified atom stereocenters. The predicted molar refractivity (Wildman–Crippen MR) is 115 cm³/mol. The quantitative estimate of drug-likeness (QED) is 0.434. The van der Waals surface area contributed by atoms with E-state index in [2.05, 4.69) is 21.1 Å². The molecule has 0 atom stereocenters. The van der Waals surface area contributed by atoms with Gasteiger partial charge in [0.1, 0.15) is 17.3 Å². The monoisotopic (exact) mass is 412 g/mol. The summed E-state index contributed by atoms with van der Waals surface area (Å²) in [5.41, 5.74) is 9.38. The molecular weight excluding hydrogens is 396 g/mol. The summed E-state index contributed by atoms with van der Waals surface area (Å²) in [6.45, 7) is 1.74. The molecule has 0 saturated heterocycles. The van der Waals surface area contributed by atoms with Gasteiger partial charge < -0.3 is 19.9 Å². The number of aryl methyl sites for hydroxylation is 1. The summed E-state index contributed by atoms with van der Waals surface area (Å²) in [7, 11) is 1.49. The first-order valence-corrected chi connectivity index (χ1v) is 9.38. The van der Waals surface area contributed by atoms with Gasteiger partial charge >= 0.3 is 0 Å². The molecule has 0 aliphatic rings. The summed E-state index contributed by atoms with van der Waals surface area (Å²) in [5, 5.41) is 13.8. The number of hydrogen-bond acceptors (Lipinski definition) is 7. The number of rotatable bonds is 3. The third-order valence-electron chi connectivity index (χ3n) is 5.10. The number of nitrogens with one attached hydrogen (secondary N) is 1. The van der Waals surface area contributed by atoms with Crippen LogP contribution in [0.5, 0.6) is 5.75 Å². The van der Waals surface area contributed by atoms with Crippen LogP contribution in [0.3, 0.4) is 0 Å². The maximum Gasteiger partial charge on any atom is 0.287 e. The molecule has 3 N–H and O–H groups in total. The molecule has 5 rings (SSSR count). The number of aromatic amines is 1. The first-order valence-electron chi connectivity index (χ1n) is 9.38. The Morgan fingerprint density at radius 1 is 1.19 bits per heavy atom. The highest BCUT2D eigenvalue weighted by Gasteiger charge is 2.24. The maximum absolute atomic E-state index is 13.4. The van der Waals surface area contributed by atoms with Gasteiger partial charge in [-0.2, -0.15) is 14.9 Å². The Bertz CT molecular complexity index is 1570. The molecule has 0 aliphatic carbocycles. The number of ether oxygens (including phenoxy) is 1. The molecule has 5 aromatic rings. The molecule has 0 bridgehead atoms. The van der Waals surface area contributed by atoms with Gasteiger partial charge in [-0.25, -0.2) is 4.98 Å². The zero-order valence-corrected chi connectivity index (χ0v) is 16.6. The third kappa shape index (κ3) is 2.66. The number of hydrogen-bond donors (Lipinski definition) is 2. The number of nitrogens with zero attached hydrogens (tertiary/aromatic N) is 4. The van der Waals surface area contributed by atoms with E-state index in [0.717, 1.165) is 5.56 Å². The van der Waals surface area contributed by atoms with E-state index in [1.807, 2.05) is 30.3 Å². The lowest BCUT2D eigenvalue weighted by molar-refractivity contribution is 0.421. The fourth-order valence-corrected chi connectivity index (χ4v) is 3.70. The molecule has 0 spiro atoms. The van der Waals surface area contributed by atoms with Crippen LogP contribution in [0.1, 0.15) is 11.4 Å². The third-order valence-corrected chi connectivity index (χ3v) is 5.10. The standard InChI is InChI=1S/C22H16N6O3/c1-11-16(21-26-18-15(31-21)9-8-13(24)19(18)30-2)22(29)28-20(25-11)17(14(10-23)27-28)12-6-4-3-5-7-12/h3-9,25H,24H2,1-2H3. The summed E-state index contributed by atoms with van der Waals surface area (Å²) in [4.78, 5) is 21.0. The second-order valence-corrected chi connectivity index (χ2v) is 6.95. The van der Waals surface area contributed by atoms with Crippen molar-refractivity contribution in [1.29, 1.82) is 5.26 Å². The summed E-state index contributed by atoms with van der Waals surface area (Å²) < 4.78 is 12.3. The number of H-pyrrole nitrogens is 1. The SMILES string of the molecule is COc1c(N)ccc2oc(-c3c(C)[nH]c4c(-c5ccccc5)c(C#N)nn4c3=O)nc12. The van der Waals surface area contributed by atoms with Crippen LogP contribution in [-0.2, 0) is 0 Å². The molecular formula is C22H16N6O3. The molecule has 3 aromatic heterocycles. The minimum absolute atomic E-state index is 0.106. The Morgan fingerprint density at radius 3 is 2.68 bits per heavy atom. The average Bonchev–Trinajstić information content (AvgIpc) is 3.36. The van der Waals surface area contributed by atoms with Crippen molar-refractivity contribution in [3.8, 4) is 34.4 Å². The van der Waals surface area contributed by atoms with Crippen molar-refractivity contribution in [2.45, 2.75) is 6.92 Å². The lowest BCUT2D eigenvalue weighted by atomic mass is 10.1. The van der Waals surface area contributed by atoms with E-state index in [4.69, 9.17) is 14.9 Å². The molecule has 9 heteroatoms. The fraction of sp³-hybridized carbons (Fsp3) is 0.0909. The largest absolute Gasteiger partial charge is 0.492 e. The predicted octanol–water partition coefficient (Wildman–Crippen LogP) is 3.27. The fourth-order valence-electron chi connectivity index (χ4n) is 3.70. The molecule has 152 valence electrons. The van der Waals surface area contributed by atoms with Gasteiger partial charge in [0.2, 0.25) is 5.89 Å². The van der Waals surface area contributed by atoms with E-state index in [1.165, 1.54) is 11.6 Å².